The van der Waals surface area contributed by atoms with Gasteiger partial charge in [-0.15, -0.1) is 0 Å². The van der Waals surface area contributed by atoms with Crippen LogP contribution in [0.25, 0.3) is 0 Å². The van der Waals surface area contributed by atoms with Crippen LogP contribution in [0.4, 0.5) is 0 Å². The summed E-state index contributed by atoms with van der Waals surface area (Å²) < 4.78 is 8.74. The molecule has 32 valence electrons. The summed E-state index contributed by atoms with van der Waals surface area (Å²) in [5.41, 5.74) is 0. The van der Waals surface area contributed by atoms with Crippen molar-refractivity contribution in [2.45, 2.75) is 0 Å². The van der Waals surface area contributed by atoms with Crippen molar-refractivity contribution in [1.82, 2.24) is 0 Å². The van der Waals surface area contributed by atoms with Crippen LogP contribution in [0.2, 0.25) is 0 Å². The Labute approximate surface area is 144 Å². The Morgan fingerprint density at radius 2 is 0.889 bits per heavy atom. The largest absolute Gasteiger partial charge is 2.00 e. The molecule has 0 saturated carbocycles. The summed E-state index contributed by atoms with van der Waals surface area (Å²) in [6, 6.07) is 0. The van der Waals surface area contributed by atoms with E-state index in [0.29, 0.717) is 0 Å². The predicted molar refractivity (Wildman–Crippen MR) is 11.6 cm³/mol. The third kappa shape index (κ3) is 83.0. The van der Waals surface area contributed by atoms with Crippen LogP contribution in [-0.2, 0) is 9.94 Å². The van der Waals surface area contributed by atoms with Gasteiger partial charge in [0.1, 0.15) is 0 Å². The quantitative estimate of drug-likeness (QED) is 0.368. The molecule has 0 aromatic rings. The molecule has 9 heavy (non-hydrogen) atoms. The second-order valence-corrected chi connectivity index (χ2v) is 0.848. The topological polar surface area (TPSA) is 86.0 Å². The summed E-state index contributed by atoms with van der Waals surface area (Å²) in [4.78, 5) is 14.3. The maximum atomic E-state index is 8.74. The van der Waals surface area contributed by atoms with Crippen molar-refractivity contribution in [2.75, 3.05) is 0 Å². The zero-order valence-corrected chi connectivity index (χ0v) is 15.2. The SMILES string of the molecule is O=[Si](O)O.[Na+].[Na+].[Na+].[Na+].[O-2]. The van der Waals surface area contributed by atoms with Crippen LogP contribution < -0.4 is 118 Å². The Morgan fingerprint density at radius 3 is 0.889 bits per heavy atom. The average Bonchev–Trinajstić information content (AvgIpc) is 0.811. The van der Waals surface area contributed by atoms with Gasteiger partial charge in [-0.2, -0.15) is 0 Å². The number of rotatable bonds is 0. The molecule has 0 aromatic heterocycles. The Morgan fingerprint density at radius 1 is 0.889 bits per heavy atom. The van der Waals surface area contributed by atoms with Crippen molar-refractivity contribution in [2.24, 2.45) is 0 Å². The average molecular weight is 186 g/mol. The van der Waals surface area contributed by atoms with Gasteiger partial charge in [0.25, 0.3) is 0 Å². The van der Waals surface area contributed by atoms with E-state index in [1.165, 1.54) is 0 Å². The Bertz CT molecular complexity index is 35.5. The first-order valence-electron chi connectivity index (χ1n) is 0.651. The third-order valence-corrected chi connectivity index (χ3v) is 0. The third-order valence-electron chi connectivity index (χ3n) is 0. The standard InChI is InChI=1S/4Na.H2O3Si.O/c;;;;1-4(2)3;/h;;;;1-2H;/q4*+1;;-2. The van der Waals surface area contributed by atoms with Gasteiger partial charge in [0, 0.05) is 0 Å². The van der Waals surface area contributed by atoms with E-state index in [0.717, 1.165) is 0 Å². The van der Waals surface area contributed by atoms with Gasteiger partial charge in [0.2, 0.25) is 0 Å². The first kappa shape index (κ1) is 39.0. The van der Waals surface area contributed by atoms with E-state index in [-0.39, 0.29) is 124 Å². The Hall–Kier alpha value is 3.58. The zero-order chi connectivity index (χ0) is 3.58. The second kappa shape index (κ2) is 29.9. The van der Waals surface area contributed by atoms with Gasteiger partial charge < -0.3 is 15.1 Å². The van der Waals surface area contributed by atoms with Gasteiger partial charge in [0.05, 0.1) is 0 Å². The normalized spacial score (nSPS) is 2.67. The fourth-order valence-electron chi connectivity index (χ4n) is 0. The summed E-state index contributed by atoms with van der Waals surface area (Å²) in [5, 5.41) is 0. The fraction of sp³-hybridized carbons (Fsp3) is 0. The van der Waals surface area contributed by atoms with Gasteiger partial charge in [-0.05, 0) is 0 Å². The van der Waals surface area contributed by atoms with Crippen molar-refractivity contribution in [3.63, 3.8) is 0 Å². The molecule has 0 rings (SSSR count). The molecule has 9 heteroatoms. The molecule has 0 heterocycles. The van der Waals surface area contributed by atoms with Crippen molar-refractivity contribution >= 4 is 9.17 Å². The van der Waals surface area contributed by atoms with Crippen LogP contribution in [0.1, 0.15) is 0 Å². The van der Waals surface area contributed by atoms with Gasteiger partial charge >= 0.3 is 127 Å². The summed E-state index contributed by atoms with van der Waals surface area (Å²) in [5.74, 6) is 0. The molecular weight excluding hydrogens is 184 g/mol. The molecule has 0 amide bonds. The minimum absolute atomic E-state index is 0. The molecule has 0 aliphatic rings. The first-order chi connectivity index (χ1) is 1.73. The molecule has 4 nitrogen and oxygen atoms in total. The second-order valence-electron chi connectivity index (χ2n) is 0.283. The monoisotopic (exact) mass is 186 g/mol. The van der Waals surface area contributed by atoms with E-state index in [9.17, 15) is 0 Å². The van der Waals surface area contributed by atoms with Crippen LogP contribution in [0.15, 0.2) is 0 Å². The molecule has 0 aromatic carbocycles. The predicted octanol–water partition coefficient (Wildman–Crippen LogP) is -13.7. The number of hydrogen-bond donors (Lipinski definition) is 2. The van der Waals surface area contributed by atoms with Crippen LogP contribution in [0.3, 0.4) is 0 Å². The van der Waals surface area contributed by atoms with Crippen molar-refractivity contribution in [3.05, 3.63) is 0 Å². The van der Waals surface area contributed by atoms with E-state index in [4.69, 9.17) is 14.1 Å². The molecule has 0 aliphatic heterocycles. The molecule has 0 saturated heterocycles. The van der Waals surface area contributed by atoms with Gasteiger partial charge in [-0.25, -0.2) is 0 Å². The molecule has 2 N–H and O–H groups in total. The Balaban J connectivity index is -0.00000000450. The van der Waals surface area contributed by atoms with E-state index >= 15 is 0 Å². The molecule has 0 fully saturated rings. The smallest absolute Gasteiger partial charge is 1.00 e. The van der Waals surface area contributed by atoms with Gasteiger partial charge in [-0.1, -0.05) is 0 Å². The summed E-state index contributed by atoms with van der Waals surface area (Å²) in [7, 11) is -3.13. The van der Waals surface area contributed by atoms with Crippen molar-refractivity contribution in [1.29, 1.82) is 0 Å². The first-order valence-corrected chi connectivity index (χ1v) is 1.95. The number of hydrogen-bond acceptors (Lipinski definition) is 1. The van der Waals surface area contributed by atoms with Crippen LogP contribution in [0, 0.1) is 0 Å². The molecule has 0 spiro atoms. The summed E-state index contributed by atoms with van der Waals surface area (Å²) >= 11 is 0. The maximum Gasteiger partial charge on any atom is 1.00 e. The van der Waals surface area contributed by atoms with Gasteiger partial charge in [0.15, 0.2) is 0 Å². The molecular formula is H2Na4O4Si+2. The van der Waals surface area contributed by atoms with Crippen LogP contribution >= 0.6 is 0 Å². The molecule has 0 unspecified atom stereocenters. The van der Waals surface area contributed by atoms with Crippen LogP contribution in [-0.4, -0.2) is 18.8 Å². The molecule has 0 bridgehead atoms. The van der Waals surface area contributed by atoms with E-state index in [1.54, 1.807) is 0 Å². The summed E-state index contributed by atoms with van der Waals surface area (Å²) in [6.07, 6.45) is 0. The fourth-order valence-corrected chi connectivity index (χ4v) is 0. The summed E-state index contributed by atoms with van der Waals surface area (Å²) in [6.45, 7) is 0. The van der Waals surface area contributed by atoms with E-state index in [2.05, 4.69) is 0 Å². The minimum atomic E-state index is -3.13. The maximum absolute atomic E-state index is 8.74. The minimum Gasteiger partial charge on any atom is -2.00 e. The van der Waals surface area contributed by atoms with E-state index in [1.807, 2.05) is 0 Å². The van der Waals surface area contributed by atoms with Crippen molar-refractivity contribution in [3.8, 4) is 0 Å². The van der Waals surface area contributed by atoms with Crippen molar-refractivity contribution < 1.29 is 138 Å². The molecule has 0 aliphatic carbocycles. The molecule has 0 radical (unpaired) electrons. The Kier molecular flexibility index (Phi) is 130. The zero-order valence-electron chi connectivity index (χ0n) is 6.21. The van der Waals surface area contributed by atoms with Crippen LogP contribution in [0.5, 0.6) is 0 Å². The van der Waals surface area contributed by atoms with E-state index < -0.39 is 9.17 Å². The molecule has 0 atom stereocenters. The van der Waals surface area contributed by atoms with Gasteiger partial charge in [-0.3, -0.25) is 4.46 Å².